The van der Waals surface area contributed by atoms with Crippen molar-refractivity contribution < 1.29 is 8.83 Å². The smallest absolute Gasteiger partial charge is 0.159 e. The maximum Gasteiger partial charge on any atom is 0.159 e. The topological polar surface area (TPSA) is 83.6 Å². The highest BCUT2D eigenvalue weighted by Gasteiger charge is 2.54. The van der Waals surface area contributed by atoms with Gasteiger partial charge in [-0.1, -0.05) is 187 Å². The van der Waals surface area contributed by atoms with Gasteiger partial charge in [-0.05, 0) is 156 Å². The third-order valence-corrected chi connectivity index (χ3v) is 18.6. The quantitative estimate of drug-likeness (QED) is 0.157. The van der Waals surface area contributed by atoms with Crippen LogP contribution in [-0.2, 0) is 5.41 Å². The van der Waals surface area contributed by atoms with Gasteiger partial charge in [-0.3, -0.25) is 0 Å². The maximum absolute atomic E-state index is 10.5. The van der Waals surface area contributed by atoms with Gasteiger partial charge >= 0.3 is 0 Å². The molecule has 0 bridgehead atoms. The van der Waals surface area contributed by atoms with Crippen molar-refractivity contribution in [2.45, 2.75) is 33.1 Å². The Labute approximate surface area is 508 Å². The van der Waals surface area contributed by atoms with Gasteiger partial charge in [0.05, 0.1) is 50.7 Å². The number of hydrogen-bond acceptors (Lipinski definition) is 7. The number of nitrogens with zero attached hydrogens (tertiary/aromatic N) is 5. The molecular weight excluding hydrogens is 1070 g/mol. The number of rotatable bonds is 7. The Hall–Kier alpha value is -11.6. The Morgan fingerprint density at radius 1 is 0.330 bits per heavy atom. The normalized spacial score (nSPS) is 12.8. The highest BCUT2D eigenvalue weighted by Crippen LogP contribution is 2.68. The van der Waals surface area contributed by atoms with E-state index in [2.05, 4.69) is 279 Å². The fraction of sp³-hybridized carbons (Fsp3) is 0.0617. The lowest BCUT2D eigenvalue weighted by Gasteiger charge is -2.45. The van der Waals surface area contributed by atoms with Crippen molar-refractivity contribution in [3.8, 4) is 23.3 Å². The number of fused-ring (bicyclic) bond motifs is 19. The molecule has 15 aromatic rings. The second-order valence-corrected chi connectivity index (χ2v) is 23.5. The summed E-state index contributed by atoms with van der Waals surface area (Å²) in [7, 11) is 0. The molecule has 0 fully saturated rings. The standard InChI is InChI=1S/C81H53N5O2/c1-48-38-40-67(50(3)42-48)85(71-36-18-30-61-59-28-16-20-52(46-82)77(59)87-79(61)71)73-44-65-75(57-26-10-8-24-55(57)73)76-58-27-11-9-25-56(58)74(45-66(76)81(65)63-32-12-14-34-69(63)84(54-22-6-5-7-23-54)70-35-15-13-33-64(70)81)86(68-41-39-49(2)43-51(68)4)72-37-19-31-62-60-29-17-21-53(47-83)78(60)88-80(62)72/h5-45H,1-4H3. The van der Waals surface area contributed by atoms with Gasteiger partial charge in [0.2, 0.25) is 0 Å². The van der Waals surface area contributed by atoms with Crippen molar-refractivity contribution in [2.24, 2.45) is 0 Å². The van der Waals surface area contributed by atoms with Crippen LogP contribution in [0.1, 0.15) is 55.6 Å². The summed E-state index contributed by atoms with van der Waals surface area (Å²) in [6, 6.07) is 94.4. The molecule has 2 aromatic heterocycles. The van der Waals surface area contributed by atoms with E-state index in [1.165, 1.54) is 0 Å². The zero-order valence-corrected chi connectivity index (χ0v) is 48.7. The van der Waals surface area contributed by atoms with Gasteiger partial charge in [-0.2, -0.15) is 10.5 Å². The van der Waals surface area contributed by atoms with E-state index in [9.17, 15) is 10.5 Å². The zero-order valence-electron chi connectivity index (χ0n) is 48.7. The Balaban J connectivity index is 1.05. The molecule has 3 heterocycles. The van der Waals surface area contributed by atoms with E-state index in [0.29, 0.717) is 33.5 Å². The number of hydrogen-bond donors (Lipinski definition) is 0. The van der Waals surface area contributed by atoms with Crippen molar-refractivity contribution in [2.75, 3.05) is 14.7 Å². The minimum atomic E-state index is -0.969. The molecule has 0 atom stereocenters. The van der Waals surface area contributed by atoms with Crippen LogP contribution in [0.3, 0.4) is 0 Å². The SMILES string of the molecule is Cc1ccc(N(c2cc3c(c4ccccc24)-c2c(cc(N(c4ccc(C)cc4C)c4cccc5c4oc4c(C#N)cccc45)c4ccccc24)C32c3ccccc3N(c3ccccc3)c3ccccc32)c2cccc3c2oc2c(C#N)cccc23)c(C)c1. The lowest BCUT2D eigenvalue weighted by Crippen LogP contribution is -2.36. The summed E-state index contributed by atoms with van der Waals surface area (Å²) < 4.78 is 14.1. The van der Waals surface area contributed by atoms with Crippen LogP contribution < -0.4 is 14.7 Å². The van der Waals surface area contributed by atoms with Gasteiger partial charge in [0.25, 0.3) is 0 Å². The summed E-state index contributed by atoms with van der Waals surface area (Å²) in [6.45, 7) is 8.69. The number of aryl methyl sites for hydroxylation is 4. The second-order valence-electron chi connectivity index (χ2n) is 23.5. The molecule has 88 heavy (non-hydrogen) atoms. The Morgan fingerprint density at radius 3 is 1.16 bits per heavy atom. The molecule has 17 rings (SSSR count). The van der Waals surface area contributed by atoms with E-state index in [1.54, 1.807) is 0 Å². The molecule has 13 aromatic carbocycles. The first-order chi connectivity index (χ1) is 43.2. The number of para-hydroxylation sites is 7. The van der Waals surface area contributed by atoms with E-state index in [4.69, 9.17) is 8.83 Å². The van der Waals surface area contributed by atoms with E-state index >= 15 is 0 Å². The number of furan rings is 2. The average molecular weight is 1130 g/mol. The Morgan fingerprint density at radius 2 is 0.716 bits per heavy atom. The van der Waals surface area contributed by atoms with Crippen molar-refractivity contribution in [3.05, 3.63) is 304 Å². The van der Waals surface area contributed by atoms with Gasteiger partial charge in [0.1, 0.15) is 12.1 Å². The minimum absolute atomic E-state index is 0.490. The summed E-state index contributed by atoms with van der Waals surface area (Å²) in [5.41, 5.74) is 22.9. The van der Waals surface area contributed by atoms with Crippen LogP contribution in [0.4, 0.5) is 51.2 Å². The van der Waals surface area contributed by atoms with Crippen LogP contribution in [0.15, 0.2) is 258 Å². The van der Waals surface area contributed by atoms with E-state index in [1.807, 2.05) is 24.3 Å². The summed E-state index contributed by atoms with van der Waals surface area (Å²) >= 11 is 0. The van der Waals surface area contributed by atoms with Crippen molar-refractivity contribution in [1.29, 1.82) is 10.5 Å². The molecule has 1 aliphatic heterocycles. The number of anilines is 9. The summed E-state index contributed by atoms with van der Waals surface area (Å²) in [5, 5.41) is 29.0. The molecule has 1 aliphatic carbocycles. The average Bonchev–Trinajstić information content (AvgIpc) is 1.45. The van der Waals surface area contributed by atoms with Gasteiger partial charge in [0, 0.05) is 49.4 Å². The van der Waals surface area contributed by atoms with Crippen LogP contribution >= 0.6 is 0 Å². The van der Waals surface area contributed by atoms with E-state index in [-0.39, 0.29) is 0 Å². The van der Waals surface area contributed by atoms with Crippen LogP contribution in [0, 0.1) is 50.4 Å². The van der Waals surface area contributed by atoms with Gasteiger partial charge in [-0.25, -0.2) is 0 Å². The molecule has 2 aliphatic rings. The summed E-state index contributed by atoms with van der Waals surface area (Å²) in [4.78, 5) is 7.27. The first-order valence-corrected chi connectivity index (χ1v) is 29.9. The third kappa shape index (κ3) is 7.04. The lowest BCUT2D eigenvalue weighted by atomic mass is 9.64. The zero-order chi connectivity index (χ0) is 59.1. The van der Waals surface area contributed by atoms with E-state index < -0.39 is 5.41 Å². The van der Waals surface area contributed by atoms with Crippen LogP contribution in [0.25, 0.3) is 76.5 Å². The molecule has 0 saturated carbocycles. The molecule has 0 saturated heterocycles. The second kappa shape index (κ2) is 19.2. The van der Waals surface area contributed by atoms with E-state index in [0.717, 1.165) is 150 Å². The molecule has 1 spiro atoms. The predicted molar refractivity (Wildman–Crippen MR) is 359 cm³/mol. The highest BCUT2D eigenvalue weighted by atomic mass is 16.3. The maximum atomic E-state index is 10.5. The molecule has 0 amide bonds. The van der Waals surface area contributed by atoms with Gasteiger partial charge < -0.3 is 23.5 Å². The Kier molecular flexibility index (Phi) is 11.1. The predicted octanol–water partition coefficient (Wildman–Crippen LogP) is 21.9. The fourth-order valence-electron chi connectivity index (χ4n) is 15.1. The van der Waals surface area contributed by atoms with Gasteiger partial charge in [-0.15, -0.1) is 0 Å². The number of benzene rings is 13. The highest BCUT2D eigenvalue weighted by molar-refractivity contribution is 6.21. The van der Waals surface area contributed by atoms with Crippen LogP contribution in [0.5, 0.6) is 0 Å². The minimum Gasteiger partial charge on any atom is -0.452 e. The summed E-state index contributed by atoms with van der Waals surface area (Å²) in [6.07, 6.45) is 0. The van der Waals surface area contributed by atoms with Crippen molar-refractivity contribution in [1.82, 2.24) is 0 Å². The first kappa shape index (κ1) is 50.8. The molecule has 0 N–H and O–H groups in total. The largest absolute Gasteiger partial charge is 0.452 e. The molecule has 7 nitrogen and oxygen atoms in total. The Bertz CT molecular complexity index is 5260. The van der Waals surface area contributed by atoms with Crippen LogP contribution in [-0.4, -0.2) is 0 Å². The van der Waals surface area contributed by atoms with Crippen molar-refractivity contribution >= 4 is 117 Å². The number of nitriles is 2. The molecule has 0 radical (unpaired) electrons. The van der Waals surface area contributed by atoms with Crippen LogP contribution in [0.2, 0.25) is 0 Å². The first-order valence-electron chi connectivity index (χ1n) is 29.9. The summed E-state index contributed by atoms with van der Waals surface area (Å²) in [5.74, 6) is 0. The molecular formula is C81H53N5O2. The van der Waals surface area contributed by atoms with Gasteiger partial charge in [0.15, 0.2) is 22.3 Å². The van der Waals surface area contributed by atoms with Crippen molar-refractivity contribution in [3.63, 3.8) is 0 Å². The fourth-order valence-corrected chi connectivity index (χ4v) is 15.1. The lowest BCUT2D eigenvalue weighted by molar-refractivity contribution is 0.667. The molecule has 7 heteroatoms. The third-order valence-electron chi connectivity index (χ3n) is 18.6. The molecule has 0 unspecified atom stereocenters. The monoisotopic (exact) mass is 1130 g/mol. The molecule has 414 valence electrons.